The van der Waals surface area contributed by atoms with Gasteiger partial charge < -0.3 is 133 Å². The van der Waals surface area contributed by atoms with Crippen molar-refractivity contribution < 1.29 is 151 Å². The first-order valence-electron chi connectivity index (χ1n) is 32.5. The first kappa shape index (κ1) is 74.0. The highest BCUT2D eigenvalue weighted by atomic mass is 32.3. The molecule has 16 N–H and O–H groups in total. The highest BCUT2D eigenvalue weighted by Crippen LogP contribution is 2.67. The smallest absolute Gasteiger partial charge is 0.394 e. The Morgan fingerprint density at radius 2 is 1.14 bits per heavy atom. The van der Waals surface area contributed by atoms with Crippen LogP contribution in [0.25, 0.3) is 0 Å². The molecule has 32 heteroatoms. The van der Waals surface area contributed by atoms with Crippen LogP contribution in [0.3, 0.4) is 0 Å². The van der Waals surface area contributed by atoms with Gasteiger partial charge >= 0.3 is 10.4 Å². The van der Waals surface area contributed by atoms with E-state index in [2.05, 4.69) is 26.0 Å². The molecule has 10 rings (SSSR count). The lowest BCUT2D eigenvalue weighted by molar-refractivity contribution is -0.398. The minimum atomic E-state index is -4.88. The molecule has 4 aliphatic carbocycles. The first-order valence-corrected chi connectivity index (χ1v) is 33.9. The van der Waals surface area contributed by atoms with Gasteiger partial charge in [-0.3, -0.25) is 4.55 Å². The van der Waals surface area contributed by atoms with E-state index >= 15 is 0 Å². The second-order valence-corrected chi connectivity index (χ2v) is 29.6. The summed E-state index contributed by atoms with van der Waals surface area (Å²) in [6.07, 6.45) is -41.0. The number of aliphatic hydroxyl groups excluding tert-OH is 14. The summed E-state index contributed by atoms with van der Waals surface area (Å²) < 4.78 is 112. The van der Waals surface area contributed by atoms with E-state index in [9.17, 15) is 89.6 Å². The molecular weight excluding hydrogens is 1260 g/mol. The number of allylic oxidation sites excluding steroid dienone is 4. The Kier molecular flexibility index (Phi) is 23.1. The summed E-state index contributed by atoms with van der Waals surface area (Å²) in [5.74, 6) is -0.534. The lowest BCUT2D eigenvalue weighted by atomic mass is 9.47. The Hall–Kier alpha value is -1.73. The topological polar surface area (TPSA) is 478 Å². The van der Waals surface area contributed by atoms with Crippen molar-refractivity contribution in [2.45, 2.75) is 303 Å². The van der Waals surface area contributed by atoms with Gasteiger partial charge in [-0.2, -0.15) is 8.42 Å². The highest BCUT2D eigenvalue weighted by Gasteiger charge is 2.64. The second-order valence-electron chi connectivity index (χ2n) is 28.5. The minimum absolute atomic E-state index is 0.0473. The molecule has 3 saturated carbocycles. The number of rotatable bonds is 19. The van der Waals surface area contributed by atoms with Crippen LogP contribution in [0, 0.1) is 34.5 Å². The van der Waals surface area contributed by atoms with Crippen LogP contribution in [0.2, 0.25) is 0 Å². The van der Waals surface area contributed by atoms with Crippen molar-refractivity contribution in [2.24, 2.45) is 34.5 Å². The molecule has 10 aliphatic rings. The summed E-state index contributed by atoms with van der Waals surface area (Å²) in [6, 6.07) is 0. The van der Waals surface area contributed by atoms with Crippen molar-refractivity contribution in [2.75, 3.05) is 19.8 Å². The summed E-state index contributed by atoms with van der Waals surface area (Å²) in [5.41, 5.74) is 0.434. The average Bonchev–Trinajstić information content (AvgIpc) is 1.69. The average molecular weight is 1360 g/mol. The summed E-state index contributed by atoms with van der Waals surface area (Å²) >= 11 is 0. The van der Waals surface area contributed by atoms with Gasteiger partial charge in [0.15, 0.2) is 37.7 Å². The minimum Gasteiger partial charge on any atom is -0.394 e. The zero-order chi connectivity index (χ0) is 67.9. The van der Waals surface area contributed by atoms with Gasteiger partial charge in [-0.25, -0.2) is 4.18 Å². The molecule has 6 saturated heterocycles. The molecular formula is C61H100O31S. The van der Waals surface area contributed by atoms with Crippen molar-refractivity contribution in [3.05, 3.63) is 23.3 Å². The van der Waals surface area contributed by atoms with Crippen LogP contribution >= 0.6 is 0 Å². The van der Waals surface area contributed by atoms with Gasteiger partial charge in [0.25, 0.3) is 0 Å². The normalized spacial score (nSPS) is 52.0. The number of aliphatic hydroxyl groups is 15. The van der Waals surface area contributed by atoms with E-state index in [1.54, 1.807) is 0 Å². The maximum atomic E-state index is 12.5. The predicted octanol–water partition coefficient (Wildman–Crippen LogP) is -3.47. The Balaban J connectivity index is 0.892. The lowest BCUT2D eigenvalue weighted by Crippen LogP contribution is -2.67. The van der Waals surface area contributed by atoms with Gasteiger partial charge in [0.05, 0.1) is 55.9 Å². The molecule has 0 aromatic heterocycles. The molecule has 93 heavy (non-hydrogen) atoms. The fourth-order valence-corrected chi connectivity index (χ4v) is 17.3. The van der Waals surface area contributed by atoms with Crippen molar-refractivity contribution in [1.29, 1.82) is 0 Å². The molecule has 0 amide bonds. The van der Waals surface area contributed by atoms with E-state index in [4.69, 9.17) is 61.0 Å². The van der Waals surface area contributed by atoms with Crippen molar-refractivity contribution in [3.8, 4) is 0 Å². The zero-order valence-corrected chi connectivity index (χ0v) is 54.3. The quantitative estimate of drug-likeness (QED) is 0.0441. The monoisotopic (exact) mass is 1360 g/mol. The Morgan fingerprint density at radius 1 is 0.591 bits per heavy atom. The third-order valence-corrected chi connectivity index (χ3v) is 22.5. The third kappa shape index (κ3) is 14.9. The molecule has 6 aliphatic heterocycles. The molecule has 6 heterocycles. The molecule has 0 spiro atoms. The summed E-state index contributed by atoms with van der Waals surface area (Å²) in [4.78, 5) is 0. The molecule has 0 radical (unpaired) electrons. The zero-order valence-electron chi connectivity index (χ0n) is 53.5. The number of hydrogen-bond acceptors (Lipinski definition) is 30. The maximum Gasteiger partial charge on any atom is 0.397 e. The summed E-state index contributed by atoms with van der Waals surface area (Å²) in [7, 11) is -4.88. The third-order valence-electron chi connectivity index (χ3n) is 22.0. The SMILES string of the molecule is CC(C)=CCCC(C)(O)C1CCC2C3CC(OC4OC(C)C(O)C(OC5OCC(OC6OC(C)C(O)C(O)C6OC6OCC(O)C(OC7OC(CO)C(O)C(O)C7O)C6O)C(O)C5OC5OC(C)C(O)C(O)C5O)C4O)C4CC(OS(=O)(=O)O)CCC4(C)C3=CCC21C. The molecule has 536 valence electrons. The molecule has 0 aromatic carbocycles. The van der Waals surface area contributed by atoms with Gasteiger partial charge in [-0.1, -0.05) is 37.1 Å². The Morgan fingerprint density at radius 3 is 1.80 bits per heavy atom. The van der Waals surface area contributed by atoms with Gasteiger partial charge in [0.1, 0.15) is 116 Å². The summed E-state index contributed by atoms with van der Waals surface area (Å²) in [5, 5.41) is 168. The van der Waals surface area contributed by atoms with E-state index in [0.717, 1.165) is 24.8 Å². The molecule has 9 fully saturated rings. The van der Waals surface area contributed by atoms with Crippen molar-refractivity contribution >= 4 is 10.4 Å². The van der Waals surface area contributed by atoms with E-state index < -0.39 is 231 Å². The van der Waals surface area contributed by atoms with E-state index in [-0.39, 0.29) is 36.0 Å². The van der Waals surface area contributed by atoms with Crippen molar-refractivity contribution in [1.82, 2.24) is 0 Å². The van der Waals surface area contributed by atoms with E-state index in [1.165, 1.54) is 26.3 Å². The second kappa shape index (κ2) is 29.1. The Labute approximate surface area is 539 Å². The number of hydrogen-bond donors (Lipinski definition) is 16. The van der Waals surface area contributed by atoms with Crippen LogP contribution in [-0.4, -0.2) is 299 Å². The van der Waals surface area contributed by atoms with Crippen LogP contribution in [0.15, 0.2) is 23.3 Å². The van der Waals surface area contributed by atoms with E-state index in [1.807, 2.05) is 20.8 Å². The molecule has 31 nitrogen and oxygen atoms in total. The lowest BCUT2D eigenvalue weighted by Gasteiger charge is -2.60. The molecule has 0 bridgehead atoms. The standard InChI is InChI=1S/C61H100O31S/c1-23(2)10-9-15-61(8,76)36-12-11-29-28-19-33(31-18-27(92-93(77,78)79)13-16-59(31,6)30(28)14-17-60(29,36)7)85-56-48(75)50(39(66)26(5)83-56)89-57-51(91-54-45(72)42(69)37(64)24(3)82-54)41(68)35(22-81-57)87-58-52(44(71)38(65)25(4)84-58)90-53-47(74)49(32(63)21-80-53)88-55-46(73)43(70)40(67)34(20-62)86-55/h10,14,24-29,31-58,62-76H,9,11-13,15-22H2,1-8H3,(H,77,78,79). The first-order chi connectivity index (χ1) is 43.6. The number of fused-ring (bicyclic) bond motifs is 5. The fourth-order valence-electron chi connectivity index (χ4n) is 16.8. The van der Waals surface area contributed by atoms with Crippen LogP contribution < -0.4 is 0 Å². The van der Waals surface area contributed by atoms with Gasteiger partial charge in [0.2, 0.25) is 0 Å². The molecule has 37 atom stereocenters. The summed E-state index contributed by atoms with van der Waals surface area (Å²) in [6.45, 7) is 12.4. The molecule has 0 aromatic rings. The fraction of sp³-hybridized carbons (Fsp3) is 0.934. The number of ether oxygens (including phenoxy) is 12. The van der Waals surface area contributed by atoms with Gasteiger partial charge in [-0.15, -0.1) is 0 Å². The largest absolute Gasteiger partial charge is 0.397 e. The molecule has 37 unspecified atom stereocenters. The van der Waals surface area contributed by atoms with Crippen LogP contribution in [0.1, 0.15) is 113 Å². The van der Waals surface area contributed by atoms with Gasteiger partial charge in [0, 0.05) is 0 Å². The van der Waals surface area contributed by atoms with Crippen LogP contribution in [0.4, 0.5) is 0 Å². The van der Waals surface area contributed by atoms with Crippen LogP contribution in [-0.2, 0) is 71.4 Å². The van der Waals surface area contributed by atoms with Crippen molar-refractivity contribution in [3.63, 3.8) is 0 Å². The highest BCUT2D eigenvalue weighted by molar-refractivity contribution is 7.80. The van der Waals surface area contributed by atoms with E-state index in [0.29, 0.717) is 25.7 Å². The predicted molar refractivity (Wildman–Crippen MR) is 312 cm³/mol. The van der Waals surface area contributed by atoms with Crippen LogP contribution in [0.5, 0.6) is 0 Å². The maximum absolute atomic E-state index is 12.5. The Bertz CT molecular complexity index is 2670. The van der Waals surface area contributed by atoms with Gasteiger partial charge in [-0.05, 0) is 134 Å².